The Morgan fingerprint density at radius 2 is 1.80 bits per heavy atom. The van der Waals surface area contributed by atoms with E-state index in [0.717, 1.165) is 11.8 Å². The van der Waals surface area contributed by atoms with Crippen LogP contribution in [0.15, 0.2) is 18.2 Å². The van der Waals surface area contributed by atoms with Gasteiger partial charge in [-0.25, -0.2) is 0 Å². The Kier molecular flexibility index (Phi) is 6.88. The second kappa shape index (κ2) is 8.08. The van der Waals surface area contributed by atoms with Crippen molar-refractivity contribution in [1.29, 1.82) is 0 Å². The first-order valence-corrected chi connectivity index (χ1v) is 10.00. The number of nitrogens with zero attached hydrogens (tertiary/aromatic N) is 1. The summed E-state index contributed by atoms with van der Waals surface area (Å²) in [6.45, 7) is 10.4. The third-order valence-corrected chi connectivity index (χ3v) is 3.93. The third-order valence-electron chi connectivity index (χ3n) is 3.45. The zero-order chi connectivity index (χ0) is 19.4. The van der Waals surface area contributed by atoms with Gasteiger partial charge in [0.2, 0.25) is 5.91 Å². The number of hydrogen-bond donors (Lipinski definition) is 0. The quantitative estimate of drug-likeness (QED) is 0.688. The van der Waals surface area contributed by atoms with Gasteiger partial charge in [-0.3, -0.25) is 4.79 Å². The highest BCUT2D eigenvalue weighted by molar-refractivity contribution is 7.86. The maximum Gasteiger partial charge on any atom is 0.306 e. The lowest BCUT2D eigenvalue weighted by Gasteiger charge is -2.30. The number of ether oxygens (including phenoxy) is 1. The molecule has 7 heteroatoms. The van der Waals surface area contributed by atoms with E-state index in [4.69, 9.17) is 8.92 Å². The molecule has 25 heavy (non-hydrogen) atoms. The van der Waals surface area contributed by atoms with Crippen molar-refractivity contribution in [1.82, 2.24) is 4.90 Å². The minimum atomic E-state index is -3.67. The largest absolute Gasteiger partial charge is 0.493 e. The summed E-state index contributed by atoms with van der Waals surface area (Å²) in [6, 6.07) is 5.06. The van der Waals surface area contributed by atoms with Gasteiger partial charge in [-0.1, -0.05) is 26.8 Å². The van der Waals surface area contributed by atoms with Crippen LogP contribution in [0.4, 0.5) is 0 Å². The van der Waals surface area contributed by atoms with Crippen molar-refractivity contribution in [2.75, 3.05) is 13.4 Å². The van der Waals surface area contributed by atoms with Crippen molar-refractivity contribution in [3.63, 3.8) is 0 Å². The molecular weight excluding hydrogens is 342 g/mol. The number of carbonyl (C=O) groups is 1. The highest BCUT2D eigenvalue weighted by atomic mass is 32.2. The lowest BCUT2D eigenvalue weighted by molar-refractivity contribution is -0.135. The van der Waals surface area contributed by atoms with E-state index in [1.807, 2.05) is 34.6 Å². The molecule has 0 aliphatic carbocycles. The fourth-order valence-corrected chi connectivity index (χ4v) is 2.81. The Morgan fingerprint density at radius 3 is 2.24 bits per heavy atom. The average Bonchev–Trinajstić information content (AvgIpc) is 2.40. The normalized spacial score (nSPS) is 12.2. The molecule has 1 amide bonds. The molecule has 0 aromatic heterocycles. The number of amides is 1. The lowest BCUT2D eigenvalue weighted by atomic mass is 9.91. The predicted octanol–water partition coefficient (Wildman–Crippen LogP) is 3.21. The number of hydrogen-bond acceptors (Lipinski definition) is 5. The Bertz CT molecular complexity index is 705. The van der Waals surface area contributed by atoms with E-state index in [1.165, 1.54) is 7.11 Å². The summed E-state index contributed by atoms with van der Waals surface area (Å²) < 4.78 is 33.0. The molecule has 0 heterocycles. The fraction of sp³-hybridized carbons (Fsp3) is 0.611. The number of benzene rings is 1. The standard InChI is InChI=1S/C18H29NO5S/c1-13(2)19(17(20)11-18(3,4)5)12-14-8-9-15(23-6)16(10-14)24-25(7,21)22/h8-10,13H,11-12H2,1-7H3. The molecular formula is C18H29NO5S. The first-order valence-electron chi connectivity index (χ1n) is 8.18. The van der Waals surface area contributed by atoms with E-state index in [9.17, 15) is 13.2 Å². The average molecular weight is 371 g/mol. The van der Waals surface area contributed by atoms with Crippen LogP contribution in [-0.2, 0) is 21.5 Å². The van der Waals surface area contributed by atoms with Crippen molar-refractivity contribution in [3.05, 3.63) is 23.8 Å². The smallest absolute Gasteiger partial charge is 0.306 e. The van der Waals surface area contributed by atoms with Gasteiger partial charge in [0.25, 0.3) is 0 Å². The highest BCUT2D eigenvalue weighted by Gasteiger charge is 2.23. The van der Waals surface area contributed by atoms with Crippen molar-refractivity contribution in [2.45, 2.75) is 53.6 Å². The summed E-state index contributed by atoms with van der Waals surface area (Å²) in [5.74, 6) is 0.504. The van der Waals surface area contributed by atoms with Gasteiger partial charge in [0, 0.05) is 19.0 Å². The van der Waals surface area contributed by atoms with E-state index in [2.05, 4.69) is 0 Å². The van der Waals surface area contributed by atoms with Crippen LogP contribution in [0.3, 0.4) is 0 Å². The molecule has 0 unspecified atom stereocenters. The maximum atomic E-state index is 12.6. The van der Waals surface area contributed by atoms with Gasteiger partial charge in [-0.2, -0.15) is 8.42 Å². The van der Waals surface area contributed by atoms with Crippen LogP contribution in [0.2, 0.25) is 0 Å². The van der Waals surface area contributed by atoms with Crippen molar-refractivity contribution >= 4 is 16.0 Å². The fourth-order valence-electron chi connectivity index (χ4n) is 2.36. The highest BCUT2D eigenvalue weighted by Crippen LogP contribution is 2.30. The monoisotopic (exact) mass is 371 g/mol. The van der Waals surface area contributed by atoms with Gasteiger partial charge in [-0.05, 0) is 37.0 Å². The summed E-state index contributed by atoms with van der Waals surface area (Å²) in [6.07, 6.45) is 1.42. The van der Waals surface area contributed by atoms with E-state index in [-0.39, 0.29) is 23.1 Å². The van der Waals surface area contributed by atoms with Gasteiger partial charge >= 0.3 is 10.1 Å². The molecule has 0 aliphatic heterocycles. The molecule has 142 valence electrons. The number of rotatable bonds is 7. The SMILES string of the molecule is COc1ccc(CN(C(=O)CC(C)(C)C)C(C)C)cc1OS(C)(=O)=O. The molecule has 6 nitrogen and oxygen atoms in total. The molecule has 0 N–H and O–H groups in total. The molecule has 0 saturated carbocycles. The molecule has 0 fully saturated rings. The summed E-state index contributed by atoms with van der Waals surface area (Å²) in [7, 11) is -2.23. The van der Waals surface area contributed by atoms with Gasteiger partial charge in [-0.15, -0.1) is 0 Å². The first kappa shape index (κ1) is 21.3. The Labute approximate surface area is 151 Å². The minimum Gasteiger partial charge on any atom is -0.493 e. The van der Waals surface area contributed by atoms with E-state index >= 15 is 0 Å². The molecule has 0 aliphatic rings. The first-order chi connectivity index (χ1) is 11.3. The van der Waals surface area contributed by atoms with Crippen LogP contribution >= 0.6 is 0 Å². The van der Waals surface area contributed by atoms with E-state index in [0.29, 0.717) is 18.7 Å². The Morgan fingerprint density at radius 1 is 1.20 bits per heavy atom. The van der Waals surface area contributed by atoms with Crippen LogP contribution in [0.1, 0.15) is 46.6 Å². The molecule has 1 aromatic rings. The minimum absolute atomic E-state index is 0.0243. The summed E-state index contributed by atoms with van der Waals surface area (Å²) in [5.41, 5.74) is 0.671. The zero-order valence-electron chi connectivity index (χ0n) is 16.1. The maximum absolute atomic E-state index is 12.6. The second-order valence-electron chi connectivity index (χ2n) is 7.63. The van der Waals surface area contributed by atoms with Crippen LogP contribution in [0.5, 0.6) is 11.5 Å². The number of methoxy groups -OCH3 is 1. The van der Waals surface area contributed by atoms with Crippen LogP contribution in [0.25, 0.3) is 0 Å². The van der Waals surface area contributed by atoms with Crippen LogP contribution in [-0.4, -0.2) is 38.6 Å². The Hall–Kier alpha value is -1.76. The molecule has 1 rings (SSSR count). The summed E-state index contributed by atoms with van der Waals surface area (Å²) >= 11 is 0. The van der Waals surface area contributed by atoms with Crippen LogP contribution in [0, 0.1) is 5.41 Å². The molecule has 0 atom stereocenters. The third kappa shape index (κ3) is 7.34. The Balaban J connectivity index is 3.09. The summed E-state index contributed by atoms with van der Waals surface area (Å²) in [5, 5.41) is 0. The molecule has 0 spiro atoms. The van der Waals surface area contributed by atoms with Gasteiger partial charge in [0.15, 0.2) is 11.5 Å². The zero-order valence-corrected chi connectivity index (χ0v) is 16.9. The molecule has 0 radical (unpaired) electrons. The molecule has 0 saturated heterocycles. The van der Waals surface area contributed by atoms with E-state index < -0.39 is 10.1 Å². The van der Waals surface area contributed by atoms with Gasteiger partial charge < -0.3 is 13.8 Å². The second-order valence-corrected chi connectivity index (χ2v) is 9.20. The lowest BCUT2D eigenvalue weighted by Crippen LogP contribution is -2.38. The van der Waals surface area contributed by atoms with Crippen LogP contribution < -0.4 is 8.92 Å². The predicted molar refractivity (Wildman–Crippen MR) is 98.2 cm³/mol. The molecule has 0 bridgehead atoms. The molecule has 1 aromatic carbocycles. The summed E-state index contributed by atoms with van der Waals surface area (Å²) in [4.78, 5) is 14.4. The number of carbonyl (C=O) groups excluding carboxylic acids is 1. The van der Waals surface area contributed by atoms with Gasteiger partial charge in [0.1, 0.15) is 0 Å². The van der Waals surface area contributed by atoms with Crippen molar-refractivity contribution < 1.29 is 22.1 Å². The van der Waals surface area contributed by atoms with Gasteiger partial charge in [0.05, 0.1) is 13.4 Å². The van der Waals surface area contributed by atoms with Crippen molar-refractivity contribution in [2.24, 2.45) is 5.41 Å². The van der Waals surface area contributed by atoms with E-state index in [1.54, 1.807) is 23.1 Å². The topological polar surface area (TPSA) is 72.9 Å². The van der Waals surface area contributed by atoms with Crippen molar-refractivity contribution in [3.8, 4) is 11.5 Å².